The van der Waals surface area contributed by atoms with Crippen LogP contribution in [0.25, 0.3) is 0 Å². The fraction of sp³-hybridized carbons (Fsp3) is 0.600. The van der Waals surface area contributed by atoms with Crippen LogP contribution in [-0.2, 0) is 27.4 Å². The highest BCUT2D eigenvalue weighted by Gasteiger charge is 2.52. The van der Waals surface area contributed by atoms with Crippen LogP contribution in [0.2, 0.25) is 0 Å². The lowest BCUT2D eigenvalue weighted by Gasteiger charge is -2.56. The molecular weight excluding hydrogens is 512 g/mol. The van der Waals surface area contributed by atoms with E-state index in [1.165, 1.54) is 11.1 Å². The predicted molar refractivity (Wildman–Crippen MR) is 163 cm³/mol. The zero-order valence-electron chi connectivity index (χ0n) is 26.3. The van der Waals surface area contributed by atoms with Crippen LogP contribution in [0.4, 0.5) is 0 Å². The number of carboxylic acid groups (broad SMARTS) is 1. The van der Waals surface area contributed by atoms with Crippen LogP contribution < -0.4 is 0 Å². The summed E-state index contributed by atoms with van der Waals surface area (Å²) in [6, 6.07) is 20.8. The molecule has 2 aliphatic heterocycles. The Kier molecular flexibility index (Phi) is 8.78. The summed E-state index contributed by atoms with van der Waals surface area (Å²) in [6.45, 7) is 19.0. The molecule has 0 saturated carbocycles. The molecule has 2 heterocycles. The van der Waals surface area contributed by atoms with Gasteiger partial charge in [-0.2, -0.15) is 0 Å². The fourth-order valence-corrected chi connectivity index (χ4v) is 8.06. The van der Waals surface area contributed by atoms with E-state index < -0.39 is 17.9 Å². The van der Waals surface area contributed by atoms with Crippen LogP contribution in [0.3, 0.4) is 0 Å². The van der Waals surface area contributed by atoms with Crippen molar-refractivity contribution in [2.75, 3.05) is 0 Å². The Morgan fingerprint density at radius 3 is 1.44 bits per heavy atom. The standard InChI is InChI=1S/C35H50N2O4/c1-32(2)19-27(20-33(3,4)36(32)23-25-15-11-9-12-16-25)29(30(38)39)31(40)41-28-21-34(5,6)37(35(7,8)22-28)24-26-17-13-10-14-18-26/h9-18,27-29H,19-24H2,1-8H3,(H,38,39). The van der Waals surface area contributed by atoms with E-state index >= 15 is 0 Å². The highest BCUT2D eigenvalue weighted by molar-refractivity contribution is 5.94. The van der Waals surface area contributed by atoms with Gasteiger partial charge in [-0.25, -0.2) is 0 Å². The molecule has 0 bridgehead atoms. The van der Waals surface area contributed by atoms with Crippen LogP contribution in [-0.4, -0.2) is 55.1 Å². The van der Waals surface area contributed by atoms with Crippen LogP contribution in [0.15, 0.2) is 60.7 Å². The van der Waals surface area contributed by atoms with Gasteiger partial charge >= 0.3 is 11.9 Å². The monoisotopic (exact) mass is 562 g/mol. The first-order valence-electron chi connectivity index (χ1n) is 15.1. The van der Waals surface area contributed by atoms with Crippen molar-refractivity contribution >= 4 is 11.9 Å². The number of likely N-dealkylation sites (tertiary alicyclic amines) is 2. The average molecular weight is 563 g/mol. The zero-order chi connectivity index (χ0) is 30.2. The van der Waals surface area contributed by atoms with Crippen molar-refractivity contribution in [2.45, 2.75) is 122 Å². The highest BCUT2D eigenvalue weighted by atomic mass is 16.5. The van der Waals surface area contributed by atoms with Crippen LogP contribution in [0.5, 0.6) is 0 Å². The summed E-state index contributed by atoms with van der Waals surface area (Å²) in [6.07, 6.45) is 2.21. The lowest BCUT2D eigenvalue weighted by atomic mass is 9.69. The maximum absolute atomic E-state index is 13.7. The van der Waals surface area contributed by atoms with Gasteiger partial charge in [0.25, 0.3) is 0 Å². The second-order valence-corrected chi connectivity index (χ2v) is 14.8. The number of carbonyl (C=O) groups is 2. The molecule has 2 aromatic carbocycles. The van der Waals surface area contributed by atoms with Gasteiger partial charge < -0.3 is 9.84 Å². The zero-order valence-corrected chi connectivity index (χ0v) is 26.3. The SMILES string of the molecule is CC1(C)CC(OC(=O)C(C(=O)O)C2CC(C)(C)N(Cc3ccccc3)C(C)(C)C2)CC(C)(C)N1Cc1ccccc1. The molecule has 2 aliphatic rings. The summed E-state index contributed by atoms with van der Waals surface area (Å²) in [5, 5.41) is 10.4. The smallest absolute Gasteiger partial charge is 0.320 e. The summed E-state index contributed by atoms with van der Waals surface area (Å²) in [7, 11) is 0. The van der Waals surface area contributed by atoms with Gasteiger partial charge in [-0.15, -0.1) is 0 Å². The first-order valence-corrected chi connectivity index (χ1v) is 15.1. The Morgan fingerprint density at radius 1 is 0.707 bits per heavy atom. The number of nitrogens with zero attached hydrogens (tertiary/aromatic N) is 2. The van der Waals surface area contributed by atoms with E-state index in [9.17, 15) is 14.7 Å². The Bertz CT molecular complexity index is 1170. The van der Waals surface area contributed by atoms with Gasteiger partial charge in [0.15, 0.2) is 5.92 Å². The van der Waals surface area contributed by atoms with Crippen molar-refractivity contribution < 1.29 is 19.4 Å². The maximum atomic E-state index is 13.7. The maximum Gasteiger partial charge on any atom is 0.320 e. The van der Waals surface area contributed by atoms with E-state index in [1.54, 1.807) is 0 Å². The van der Waals surface area contributed by atoms with E-state index in [2.05, 4.69) is 102 Å². The Labute approximate surface area is 247 Å². The molecule has 0 aromatic heterocycles. The molecule has 4 rings (SSSR count). The van der Waals surface area contributed by atoms with Gasteiger partial charge in [0, 0.05) is 48.1 Å². The minimum atomic E-state index is -1.18. The normalized spacial score (nSPS) is 23.5. The number of carboxylic acids is 1. The van der Waals surface area contributed by atoms with Gasteiger partial charge in [-0.1, -0.05) is 60.7 Å². The average Bonchev–Trinajstić information content (AvgIpc) is 2.84. The van der Waals surface area contributed by atoms with Gasteiger partial charge in [0.2, 0.25) is 0 Å². The molecule has 0 amide bonds. The third-order valence-electron chi connectivity index (χ3n) is 9.54. The summed E-state index contributed by atoms with van der Waals surface area (Å²) in [5.41, 5.74) is 1.44. The lowest BCUT2D eigenvalue weighted by molar-refractivity contribution is -0.177. The number of carbonyl (C=O) groups excluding carboxylic acids is 1. The lowest BCUT2D eigenvalue weighted by Crippen LogP contribution is -2.62. The Balaban J connectivity index is 1.49. The minimum Gasteiger partial charge on any atom is -0.481 e. The summed E-state index contributed by atoms with van der Waals surface area (Å²) >= 11 is 0. The topological polar surface area (TPSA) is 70.1 Å². The van der Waals surface area contributed by atoms with Crippen molar-refractivity contribution in [1.29, 1.82) is 0 Å². The molecular formula is C35H50N2O4. The molecule has 41 heavy (non-hydrogen) atoms. The molecule has 1 N–H and O–H groups in total. The van der Waals surface area contributed by atoms with Crippen LogP contribution in [0, 0.1) is 11.8 Å². The van der Waals surface area contributed by atoms with E-state index in [1.807, 2.05) is 24.3 Å². The largest absolute Gasteiger partial charge is 0.481 e. The predicted octanol–water partition coefficient (Wildman–Crippen LogP) is 6.92. The summed E-state index contributed by atoms with van der Waals surface area (Å²) < 4.78 is 6.14. The molecule has 6 heteroatoms. The highest BCUT2D eigenvalue weighted by Crippen LogP contribution is 2.46. The number of esters is 1. The van der Waals surface area contributed by atoms with Crippen molar-refractivity contribution in [3.05, 3.63) is 71.8 Å². The summed E-state index contributed by atoms with van der Waals surface area (Å²) in [4.78, 5) is 31.3. The van der Waals surface area contributed by atoms with Gasteiger partial charge in [-0.05, 0) is 85.3 Å². The second kappa shape index (κ2) is 11.5. The van der Waals surface area contributed by atoms with E-state index in [4.69, 9.17) is 4.74 Å². The molecule has 0 aliphatic carbocycles. The van der Waals surface area contributed by atoms with Gasteiger partial charge in [-0.3, -0.25) is 19.4 Å². The quantitative estimate of drug-likeness (QED) is 0.278. The van der Waals surface area contributed by atoms with Crippen molar-refractivity contribution in [3.63, 3.8) is 0 Å². The van der Waals surface area contributed by atoms with E-state index in [-0.39, 0.29) is 34.2 Å². The molecule has 2 fully saturated rings. The molecule has 2 saturated heterocycles. The van der Waals surface area contributed by atoms with Crippen molar-refractivity contribution in [3.8, 4) is 0 Å². The number of benzene rings is 2. The summed E-state index contributed by atoms with van der Waals surface area (Å²) in [5.74, 6) is -3.15. The molecule has 0 radical (unpaired) electrons. The van der Waals surface area contributed by atoms with Crippen molar-refractivity contribution in [2.24, 2.45) is 11.8 Å². The van der Waals surface area contributed by atoms with Crippen LogP contribution in [0.1, 0.15) is 92.2 Å². The number of ether oxygens (including phenoxy) is 1. The Morgan fingerprint density at radius 2 is 1.07 bits per heavy atom. The fourth-order valence-electron chi connectivity index (χ4n) is 8.06. The van der Waals surface area contributed by atoms with Crippen molar-refractivity contribution in [1.82, 2.24) is 9.80 Å². The van der Waals surface area contributed by atoms with E-state index in [0.717, 1.165) is 13.1 Å². The number of piperidine rings is 2. The second-order valence-electron chi connectivity index (χ2n) is 14.8. The van der Waals surface area contributed by atoms with Gasteiger partial charge in [0.05, 0.1) is 0 Å². The number of hydrogen-bond acceptors (Lipinski definition) is 5. The molecule has 6 nitrogen and oxygen atoms in total. The molecule has 1 atom stereocenters. The molecule has 0 spiro atoms. The molecule has 224 valence electrons. The minimum absolute atomic E-state index is 0.228. The number of aliphatic carboxylic acids is 1. The number of rotatable bonds is 8. The first-order chi connectivity index (χ1) is 19.0. The Hall–Kier alpha value is -2.70. The van der Waals surface area contributed by atoms with Gasteiger partial charge in [0.1, 0.15) is 6.10 Å². The van der Waals surface area contributed by atoms with E-state index in [0.29, 0.717) is 25.7 Å². The number of hydrogen-bond donors (Lipinski definition) is 1. The third-order valence-corrected chi connectivity index (χ3v) is 9.54. The molecule has 1 unspecified atom stereocenters. The molecule has 2 aromatic rings. The first kappa shape index (κ1) is 31.2. The third kappa shape index (κ3) is 7.03. The van der Waals surface area contributed by atoms with Crippen LogP contribution >= 0.6 is 0 Å².